The second-order valence-electron chi connectivity index (χ2n) is 5.89. The molecule has 1 unspecified atom stereocenters. The van der Waals surface area contributed by atoms with Gasteiger partial charge in [-0.15, -0.1) is 0 Å². The Balaban J connectivity index is 1.58. The summed E-state index contributed by atoms with van der Waals surface area (Å²) >= 11 is 0. The molecule has 5 nitrogen and oxygen atoms in total. The van der Waals surface area contributed by atoms with Gasteiger partial charge in [-0.05, 0) is 31.0 Å². The third-order valence-corrected chi connectivity index (χ3v) is 3.74. The van der Waals surface area contributed by atoms with E-state index < -0.39 is 6.10 Å². The van der Waals surface area contributed by atoms with Crippen molar-refractivity contribution in [3.8, 4) is 17.1 Å². The number of aryl methyl sites for hydroxylation is 2. The second-order valence-corrected chi connectivity index (χ2v) is 5.89. The van der Waals surface area contributed by atoms with E-state index in [1.165, 1.54) is 0 Å². The number of nitrogens with zero attached hydrogens (tertiary/aromatic N) is 3. The number of aromatic nitrogens is 3. The average molecular weight is 323 g/mol. The van der Waals surface area contributed by atoms with Crippen LogP contribution in [0.15, 0.2) is 54.9 Å². The van der Waals surface area contributed by atoms with E-state index in [1.807, 2.05) is 62.4 Å². The fourth-order valence-electron chi connectivity index (χ4n) is 2.42. The average Bonchev–Trinajstić information content (AvgIpc) is 3.05. The summed E-state index contributed by atoms with van der Waals surface area (Å²) < 4.78 is 7.37. The molecule has 3 rings (SSSR count). The van der Waals surface area contributed by atoms with Crippen LogP contribution in [0.4, 0.5) is 0 Å². The first-order valence-electron chi connectivity index (χ1n) is 7.95. The van der Waals surface area contributed by atoms with Crippen molar-refractivity contribution in [3.63, 3.8) is 0 Å². The highest BCUT2D eigenvalue weighted by atomic mass is 16.5. The molecule has 124 valence electrons. The second kappa shape index (κ2) is 7.27. The molecule has 5 heteroatoms. The van der Waals surface area contributed by atoms with Crippen molar-refractivity contribution < 1.29 is 9.84 Å². The van der Waals surface area contributed by atoms with Crippen LogP contribution in [-0.4, -0.2) is 32.6 Å². The Kier molecular flexibility index (Phi) is 4.91. The van der Waals surface area contributed by atoms with Crippen LogP contribution in [0.1, 0.15) is 11.1 Å². The minimum absolute atomic E-state index is 0.213. The van der Waals surface area contributed by atoms with E-state index in [9.17, 15) is 5.11 Å². The summed E-state index contributed by atoms with van der Waals surface area (Å²) in [7, 11) is 0. The zero-order valence-corrected chi connectivity index (χ0v) is 13.9. The largest absolute Gasteiger partial charge is 0.491 e. The van der Waals surface area contributed by atoms with Crippen molar-refractivity contribution in [1.29, 1.82) is 0 Å². The molecular formula is C19H21N3O2. The van der Waals surface area contributed by atoms with E-state index in [-0.39, 0.29) is 6.61 Å². The third-order valence-electron chi connectivity index (χ3n) is 3.74. The maximum Gasteiger partial charge on any atom is 0.181 e. The van der Waals surface area contributed by atoms with Crippen LogP contribution in [0.5, 0.6) is 5.75 Å². The van der Waals surface area contributed by atoms with Crippen LogP contribution in [0, 0.1) is 13.8 Å². The number of rotatable bonds is 6. The van der Waals surface area contributed by atoms with Gasteiger partial charge in [-0.3, -0.25) is 0 Å². The minimum atomic E-state index is -0.657. The van der Waals surface area contributed by atoms with E-state index in [2.05, 4.69) is 10.1 Å². The summed E-state index contributed by atoms with van der Waals surface area (Å²) in [5, 5.41) is 14.6. The van der Waals surface area contributed by atoms with E-state index in [0.717, 1.165) is 22.4 Å². The van der Waals surface area contributed by atoms with Gasteiger partial charge in [-0.2, -0.15) is 5.10 Å². The van der Waals surface area contributed by atoms with Crippen LogP contribution < -0.4 is 4.74 Å². The zero-order valence-electron chi connectivity index (χ0n) is 13.9. The third kappa shape index (κ3) is 4.00. The highest BCUT2D eigenvalue weighted by molar-refractivity contribution is 5.53. The molecule has 0 aliphatic carbocycles. The Hall–Kier alpha value is -2.66. The molecule has 2 aromatic carbocycles. The lowest BCUT2D eigenvalue weighted by molar-refractivity contribution is 0.0889. The summed E-state index contributed by atoms with van der Waals surface area (Å²) in [5.41, 5.74) is 3.14. The van der Waals surface area contributed by atoms with Crippen molar-refractivity contribution in [2.24, 2.45) is 0 Å². The lowest BCUT2D eigenvalue weighted by Crippen LogP contribution is -2.24. The Morgan fingerprint density at radius 1 is 1.12 bits per heavy atom. The highest BCUT2D eigenvalue weighted by Crippen LogP contribution is 2.19. The molecule has 0 bridgehead atoms. The summed E-state index contributed by atoms with van der Waals surface area (Å²) in [5.74, 6) is 1.45. The van der Waals surface area contributed by atoms with Gasteiger partial charge in [-0.1, -0.05) is 42.5 Å². The monoisotopic (exact) mass is 323 g/mol. The van der Waals surface area contributed by atoms with Crippen LogP contribution >= 0.6 is 0 Å². The summed E-state index contributed by atoms with van der Waals surface area (Å²) in [6.07, 6.45) is 0.971. The standard InChI is InChI=1S/C19H21N3O2/c1-14-8-9-15(2)18(10-14)24-12-17(23)11-22-13-20-19(21-22)16-6-4-3-5-7-16/h3-10,13,17,23H,11-12H2,1-2H3. The van der Waals surface area contributed by atoms with Crippen molar-refractivity contribution in [2.45, 2.75) is 26.5 Å². The van der Waals surface area contributed by atoms with Crippen LogP contribution in [0.2, 0.25) is 0 Å². The van der Waals surface area contributed by atoms with E-state index in [0.29, 0.717) is 12.4 Å². The van der Waals surface area contributed by atoms with Gasteiger partial charge in [-0.25, -0.2) is 9.67 Å². The van der Waals surface area contributed by atoms with Gasteiger partial charge in [0.15, 0.2) is 5.82 Å². The molecule has 1 aromatic heterocycles. The number of benzene rings is 2. The van der Waals surface area contributed by atoms with Gasteiger partial charge in [0, 0.05) is 5.56 Å². The first kappa shape index (κ1) is 16.2. The Bertz CT molecular complexity index is 799. The fraction of sp³-hybridized carbons (Fsp3) is 0.263. The van der Waals surface area contributed by atoms with Gasteiger partial charge >= 0.3 is 0 Å². The predicted molar refractivity (Wildman–Crippen MR) is 92.9 cm³/mol. The molecule has 0 saturated heterocycles. The highest BCUT2D eigenvalue weighted by Gasteiger charge is 2.10. The maximum atomic E-state index is 10.2. The SMILES string of the molecule is Cc1ccc(C)c(OCC(O)Cn2cnc(-c3ccccc3)n2)c1. The molecule has 24 heavy (non-hydrogen) atoms. The molecule has 0 fully saturated rings. The van der Waals surface area contributed by atoms with Crippen molar-refractivity contribution in [2.75, 3.05) is 6.61 Å². The first-order valence-corrected chi connectivity index (χ1v) is 7.95. The van der Waals surface area contributed by atoms with E-state index in [4.69, 9.17) is 4.74 Å². The molecule has 3 aromatic rings. The molecule has 1 atom stereocenters. The van der Waals surface area contributed by atoms with Gasteiger partial charge in [0.25, 0.3) is 0 Å². The van der Waals surface area contributed by atoms with Gasteiger partial charge in [0.1, 0.15) is 24.8 Å². The molecule has 0 amide bonds. The Morgan fingerprint density at radius 2 is 1.92 bits per heavy atom. The van der Waals surface area contributed by atoms with Gasteiger partial charge in [0.2, 0.25) is 0 Å². The lowest BCUT2D eigenvalue weighted by atomic mass is 10.1. The molecule has 0 aliphatic heterocycles. The van der Waals surface area contributed by atoms with E-state index in [1.54, 1.807) is 11.0 Å². The first-order chi connectivity index (χ1) is 11.6. The molecule has 1 N–H and O–H groups in total. The molecule has 0 aliphatic rings. The van der Waals surface area contributed by atoms with E-state index >= 15 is 0 Å². The van der Waals surface area contributed by atoms with Gasteiger partial charge in [0.05, 0.1) is 6.54 Å². The quantitative estimate of drug-likeness (QED) is 0.757. The Labute approximate surface area is 141 Å². The van der Waals surface area contributed by atoms with Crippen LogP contribution in [-0.2, 0) is 6.54 Å². The number of hydrogen-bond acceptors (Lipinski definition) is 4. The predicted octanol–water partition coefficient (Wildman–Crippen LogP) is 3.00. The van der Waals surface area contributed by atoms with Crippen molar-refractivity contribution in [1.82, 2.24) is 14.8 Å². The molecular weight excluding hydrogens is 302 g/mol. The van der Waals surface area contributed by atoms with Gasteiger partial charge < -0.3 is 9.84 Å². The fourth-order valence-corrected chi connectivity index (χ4v) is 2.42. The Morgan fingerprint density at radius 3 is 2.71 bits per heavy atom. The number of ether oxygens (including phenoxy) is 1. The number of hydrogen-bond donors (Lipinski definition) is 1. The molecule has 1 heterocycles. The summed E-state index contributed by atoms with van der Waals surface area (Å²) in [6.45, 7) is 4.56. The maximum absolute atomic E-state index is 10.2. The van der Waals surface area contributed by atoms with Crippen molar-refractivity contribution in [3.05, 3.63) is 66.0 Å². The van der Waals surface area contributed by atoms with Crippen molar-refractivity contribution >= 4 is 0 Å². The summed E-state index contributed by atoms with van der Waals surface area (Å²) in [4.78, 5) is 4.28. The van der Waals surface area contributed by atoms with Crippen LogP contribution in [0.25, 0.3) is 11.4 Å². The molecule has 0 spiro atoms. The smallest absolute Gasteiger partial charge is 0.181 e. The van der Waals surface area contributed by atoms with Crippen LogP contribution in [0.3, 0.4) is 0 Å². The summed E-state index contributed by atoms with van der Waals surface area (Å²) in [6, 6.07) is 15.8. The minimum Gasteiger partial charge on any atom is -0.491 e. The number of aliphatic hydroxyl groups excluding tert-OH is 1. The topological polar surface area (TPSA) is 60.2 Å². The normalized spacial score (nSPS) is 12.1. The molecule has 0 radical (unpaired) electrons. The zero-order chi connectivity index (χ0) is 16.9. The molecule has 0 saturated carbocycles. The number of aliphatic hydroxyl groups is 1. The lowest BCUT2D eigenvalue weighted by Gasteiger charge is -2.14.